The van der Waals surface area contributed by atoms with Crippen LogP contribution in [0.3, 0.4) is 0 Å². The summed E-state index contributed by atoms with van der Waals surface area (Å²) in [6.07, 6.45) is 0. The van der Waals surface area contributed by atoms with Crippen LogP contribution in [0.4, 0.5) is 0 Å². The van der Waals surface area contributed by atoms with Crippen LogP contribution in [0.1, 0.15) is 29.8 Å². The summed E-state index contributed by atoms with van der Waals surface area (Å²) >= 11 is 5.96. The van der Waals surface area contributed by atoms with Crippen molar-refractivity contribution in [3.8, 4) is 0 Å². The second-order valence-electron chi connectivity index (χ2n) is 6.82. The van der Waals surface area contributed by atoms with Crippen molar-refractivity contribution in [1.29, 1.82) is 0 Å². The van der Waals surface area contributed by atoms with E-state index in [0.717, 1.165) is 31.7 Å². The van der Waals surface area contributed by atoms with E-state index in [2.05, 4.69) is 36.0 Å². The molecule has 1 aromatic rings. The third kappa shape index (κ3) is 4.93. The van der Waals surface area contributed by atoms with Gasteiger partial charge in [-0.1, -0.05) is 25.4 Å². The first-order valence-electron chi connectivity index (χ1n) is 8.35. The fourth-order valence-corrected chi connectivity index (χ4v) is 3.34. The lowest BCUT2D eigenvalue weighted by Gasteiger charge is -2.40. The predicted molar refractivity (Wildman–Crippen MR) is 96.2 cm³/mol. The van der Waals surface area contributed by atoms with Crippen LogP contribution in [0.2, 0.25) is 5.02 Å². The highest BCUT2D eigenvalue weighted by Gasteiger charge is 2.25. The van der Waals surface area contributed by atoms with E-state index in [1.807, 2.05) is 13.0 Å². The molecule has 4 nitrogen and oxygen atoms in total. The van der Waals surface area contributed by atoms with Crippen molar-refractivity contribution in [2.45, 2.75) is 26.8 Å². The van der Waals surface area contributed by atoms with Crippen molar-refractivity contribution in [3.63, 3.8) is 0 Å². The van der Waals surface area contributed by atoms with Crippen molar-refractivity contribution in [3.05, 3.63) is 34.3 Å². The third-order valence-electron chi connectivity index (χ3n) is 4.68. The fourth-order valence-electron chi connectivity index (χ4n) is 3.11. The molecule has 1 atom stereocenters. The van der Waals surface area contributed by atoms with E-state index in [0.29, 0.717) is 29.1 Å². The van der Waals surface area contributed by atoms with E-state index in [-0.39, 0.29) is 5.91 Å². The van der Waals surface area contributed by atoms with E-state index < -0.39 is 0 Å². The van der Waals surface area contributed by atoms with Gasteiger partial charge in [0.1, 0.15) is 0 Å². The molecule has 23 heavy (non-hydrogen) atoms. The van der Waals surface area contributed by atoms with Gasteiger partial charge in [0.05, 0.1) is 0 Å². The molecule has 1 aromatic carbocycles. The van der Waals surface area contributed by atoms with Crippen molar-refractivity contribution >= 4 is 17.5 Å². The first-order valence-corrected chi connectivity index (χ1v) is 8.73. The van der Waals surface area contributed by atoms with Crippen molar-refractivity contribution < 1.29 is 4.79 Å². The molecule has 5 heteroatoms. The summed E-state index contributed by atoms with van der Waals surface area (Å²) in [6.45, 7) is 11.4. The Morgan fingerprint density at radius 3 is 2.48 bits per heavy atom. The number of carbonyl (C=O) groups is 1. The first kappa shape index (κ1) is 18.2. The van der Waals surface area contributed by atoms with Crippen LogP contribution in [-0.4, -0.2) is 61.5 Å². The number of halogens is 1. The van der Waals surface area contributed by atoms with Gasteiger partial charge in [0.25, 0.3) is 5.91 Å². The lowest BCUT2D eigenvalue weighted by atomic mass is 10.0. The summed E-state index contributed by atoms with van der Waals surface area (Å²) in [7, 11) is 2.16. The van der Waals surface area contributed by atoms with E-state index in [9.17, 15) is 4.79 Å². The fraction of sp³-hybridized carbons (Fsp3) is 0.611. The maximum atomic E-state index is 12.5. The van der Waals surface area contributed by atoms with Crippen LogP contribution in [0.15, 0.2) is 18.2 Å². The molecule has 0 spiro atoms. The molecule has 0 aliphatic carbocycles. The Kier molecular flexibility index (Phi) is 6.45. The van der Waals surface area contributed by atoms with E-state index in [1.54, 1.807) is 12.1 Å². The molecule has 0 radical (unpaired) electrons. The Morgan fingerprint density at radius 2 is 1.91 bits per heavy atom. The molecular weight excluding hydrogens is 310 g/mol. The number of hydrogen-bond acceptors (Lipinski definition) is 3. The number of rotatable bonds is 5. The number of benzene rings is 1. The van der Waals surface area contributed by atoms with Crippen LogP contribution < -0.4 is 5.32 Å². The van der Waals surface area contributed by atoms with Gasteiger partial charge in [0, 0.05) is 49.4 Å². The van der Waals surface area contributed by atoms with Crippen LogP contribution in [-0.2, 0) is 0 Å². The van der Waals surface area contributed by atoms with Crippen LogP contribution in [0.25, 0.3) is 0 Å². The summed E-state index contributed by atoms with van der Waals surface area (Å²) in [5, 5.41) is 3.78. The van der Waals surface area contributed by atoms with Gasteiger partial charge in [0.2, 0.25) is 0 Å². The molecule has 1 unspecified atom stereocenters. The normalized spacial score (nSPS) is 18.2. The molecule has 1 aliphatic rings. The van der Waals surface area contributed by atoms with Gasteiger partial charge in [-0.3, -0.25) is 9.69 Å². The van der Waals surface area contributed by atoms with Crippen molar-refractivity contribution in [1.82, 2.24) is 15.1 Å². The van der Waals surface area contributed by atoms with Gasteiger partial charge in [-0.15, -0.1) is 0 Å². The van der Waals surface area contributed by atoms with E-state index in [1.165, 1.54) is 0 Å². The standard InChI is InChI=1S/C18H28ClN3O/c1-13(2)17(22-9-7-21(4)8-10-22)12-20-18(23)16-6-5-15(19)11-14(16)3/h5-6,11,13,17H,7-10,12H2,1-4H3,(H,20,23). The maximum absolute atomic E-state index is 12.5. The average molecular weight is 338 g/mol. The number of likely N-dealkylation sites (N-methyl/N-ethyl adjacent to an activating group) is 1. The molecule has 0 saturated carbocycles. The van der Waals surface area contributed by atoms with Crippen molar-refractivity contribution in [2.24, 2.45) is 5.92 Å². The molecular formula is C18H28ClN3O. The minimum Gasteiger partial charge on any atom is -0.350 e. The zero-order chi connectivity index (χ0) is 17.0. The number of piperazine rings is 1. The second-order valence-corrected chi connectivity index (χ2v) is 7.26. The number of carbonyl (C=O) groups excluding carboxylic acids is 1. The zero-order valence-corrected chi connectivity index (χ0v) is 15.4. The Balaban J connectivity index is 1.97. The molecule has 128 valence electrons. The lowest BCUT2D eigenvalue weighted by molar-refractivity contribution is 0.0790. The molecule has 0 bridgehead atoms. The Bertz CT molecular complexity index is 539. The SMILES string of the molecule is Cc1cc(Cl)ccc1C(=O)NCC(C(C)C)N1CCN(C)CC1. The number of hydrogen-bond donors (Lipinski definition) is 1. The van der Waals surface area contributed by atoms with Gasteiger partial charge >= 0.3 is 0 Å². The summed E-state index contributed by atoms with van der Waals surface area (Å²) in [6, 6.07) is 5.77. The third-order valence-corrected chi connectivity index (χ3v) is 4.92. The molecule has 0 aromatic heterocycles. The highest BCUT2D eigenvalue weighted by molar-refractivity contribution is 6.30. The molecule has 1 fully saturated rings. The van der Waals surface area contributed by atoms with Gasteiger partial charge in [0.15, 0.2) is 0 Å². The molecule has 2 rings (SSSR count). The van der Waals surface area contributed by atoms with Crippen LogP contribution in [0, 0.1) is 12.8 Å². The minimum absolute atomic E-state index is 0.0149. The lowest BCUT2D eigenvalue weighted by Crippen LogP contribution is -2.54. The van der Waals surface area contributed by atoms with E-state index in [4.69, 9.17) is 11.6 Å². The Hall–Kier alpha value is -1.10. The maximum Gasteiger partial charge on any atom is 0.251 e. The highest BCUT2D eigenvalue weighted by Crippen LogP contribution is 2.16. The van der Waals surface area contributed by atoms with Crippen molar-refractivity contribution in [2.75, 3.05) is 39.8 Å². The Labute approximate surface area is 144 Å². The summed E-state index contributed by atoms with van der Waals surface area (Å²) < 4.78 is 0. The van der Waals surface area contributed by atoms with Gasteiger partial charge < -0.3 is 10.2 Å². The minimum atomic E-state index is -0.0149. The molecule has 1 heterocycles. The topological polar surface area (TPSA) is 35.6 Å². The molecule has 1 N–H and O–H groups in total. The number of aryl methyl sites for hydroxylation is 1. The van der Waals surface area contributed by atoms with Crippen LogP contribution >= 0.6 is 11.6 Å². The molecule has 1 amide bonds. The quantitative estimate of drug-likeness (QED) is 0.897. The highest BCUT2D eigenvalue weighted by atomic mass is 35.5. The monoisotopic (exact) mass is 337 g/mol. The number of amides is 1. The Morgan fingerprint density at radius 1 is 1.26 bits per heavy atom. The zero-order valence-electron chi connectivity index (χ0n) is 14.6. The summed E-state index contributed by atoms with van der Waals surface area (Å²) in [5.74, 6) is 0.490. The van der Waals surface area contributed by atoms with Crippen LogP contribution in [0.5, 0.6) is 0 Å². The smallest absolute Gasteiger partial charge is 0.251 e. The van der Waals surface area contributed by atoms with Gasteiger partial charge in [-0.25, -0.2) is 0 Å². The van der Waals surface area contributed by atoms with E-state index >= 15 is 0 Å². The summed E-state index contributed by atoms with van der Waals surface area (Å²) in [4.78, 5) is 17.3. The van der Waals surface area contributed by atoms with Gasteiger partial charge in [-0.05, 0) is 43.7 Å². The average Bonchev–Trinajstić information content (AvgIpc) is 2.48. The molecule has 1 aliphatic heterocycles. The van der Waals surface area contributed by atoms with Gasteiger partial charge in [-0.2, -0.15) is 0 Å². The largest absolute Gasteiger partial charge is 0.350 e. The number of nitrogens with zero attached hydrogens (tertiary/aromatic N) is 2. The first-order chi connectivity index (χ1) is 10.9. The second kappa shape index (κ2) is 8.13. The number of nitrogens with one attached hydrogen (secondary N) is 1. The predicted octanol–water partition coefficient (Wildman–Crippen LogP) is 2.65. The molecule has 1 saturated heterocycles. The summed E-state index contributed by atoms with van der Waals surface area (Å²) in [5.41, 5.74) is 1.62.